The summed E-state index contributed by atoms with van der Waals surface area (Å²) in [4.78, 5) is 10.9. The van der Waals surface area contributed by atoms with Gasteiger partial charge in [0.15, 0.2) is 0 Å². The predicted octanol–water partition coefficient (Wildman–Crippen LogP) is 2.09. The highest BCUT2D eigenvalue weighted by Crippen LogP contribution is 2.22. The largest absolute Gasteiger partial charge is 0.466 e. The van der Waals surface area contributed by atoms with Gasteiger partial charge in [0.05, 0.1) is 13.2 Å². The maximum Gasteiger partial charge on any atom is 0.330 e. The van der Waals surface area contributed by atoms with Crippen LogP contribution in [0.25, 0.3) is 0 Å². The smallest absolute Gasteiger partial charge is 0.330 e. The third kappa shape index (κ3) is 3.51. The van der Waals surface area contributed by atoms with Gasteiger partial charge < -0.3 is 9.84 Å². The monoisotopic (exact) mass is 220 g/mol. The predicted molar refractivity (Wildman–Crippen MR) is 61.7 cm³/mol. The van der Waals surface area contributed by atoms with E-state index in [4.69, 9.17) is 0 Å². The van der Waals surface area contributed by atoms with Crippen LogP contribution in [0.3, 0.4) is 0 Å². The Morgan fingerprint density at radius 3 is 2.56 bits per heavy atom. The highest BCUT2D eigenvalue weighted by molar-refractivity contribution is 5.81. The lowest BCUT2D eigenvalue weighted by atomic mass is 9.97. The Bertz CT molecular complexity index is 357. The molecule has 3 nitrogen and oxygen atoms in total. The van der Waals surface area contributed by atoms with Gasteiger partial charge in [-0.25, -0.2) is 4.79 Å². The molecule has 0 saturated heterocycles. The molecule has 2 atom stereocenters. The standard InChI is InChI=1S/C13H16O3/c1-10(8-9-12(14)16-2)13(15)11-6-4-3-5-7-11/h3-10,13,15H,1-2H3/b9-8+. The zero-order chi connectivity index (χ0) is 12.0. The molecule has 0 aromatic heterocycles. The molecule has 0 saturated carbocycles. The zero-order valence-corrected chi connectivity index (χ0v) is 9.46. The van der Waals surface area contributed by atoms with Gasteiger partial charge in [0.2, 0.25) is 0 Å². The fourth-order valence-corrected chi connectivity index (χ4v) is 1.36. The third-order valence-corrected chi connectivity index (χ3v) is 2.38. The number of ether oxygens (including phenoxy) is 1. The summed E-state index contributed by atoms with van der Waals surface area (Å²) in [6, 6.07) is 9.34. The first-order valence-corrected chi connectivity index (χ1v) is 5.14. The highest BCUT2D eigenvalue weighted by atomic mass is 16.5. The van der Waals surface area contributed by atoms with Gasteiger partial charge in [-0.15, -0.1) is 0 Å². The minimum absolute atomic E-state index is 0.138. The third-order valence-electron chi connectivity index (χ3n) is 2.38. The fraction of sp³-hybridized carbons (Fsp3) is 0.308. The van der Waals surface area contributed by atoms with E-state index >= 15 is 0 Å². The molecule has 0 aliphatic heterocycles. The van der Waals surface area contributed by atoms with E-state index < -0.39 is 12.1 Å². The van der Waals surface area contributed by atoms with E-state index in [-0.39, 0.29) is 5.92 Å². The molecule has 1 N–H and O–H groups in total. The van der Waals surface area contributed by atoms with Crippen LogP contribution in [0.4, 0.5) is 0 Å². The van der Waals surface area contributed by atoms with Crippen LogP contribution in [0.1, 0.15) is 18.6 Å². The van der Waals surface area contributed by atoms with Crippen LogP contribution >= 0.6 is 0 Å². The lowest BCUT2D eigenvalue weighted by Crippen LogP contribution is -2.07. The first kappa shape index (κ1) is 12.5. The Balaban J connectivity index is 2.64. The van der Waals surface area contributed by atoms with E-state index in [1.54, 1.807) is 6.08 Å². The van der Waals surface area contributed by atoms with Crippen molar-refractivity contribution in [2.75, 3.05) is 7.11 Å². The first-order chi connectivity index (χ1) is 7.65. The summed E-state index contributed by atoms with van der Waals surface area (Å²) in [7, 11) is 1.32. The van der Waals surface area contributed by atoms with Crippen molar-refractivity contribution in [2.45, 2.75) is 13.0 Å². The molecule has 0 spiro atoms. The number of aliphatic hydroxyl groups excluding tert-OH is 1. The molecule has 0 amide bonds. The van der Waals surface area contributed by atoms with Crippen molar-refractivity contribution < 1.29 is 14.6 Å². The number of carbonyl (C=O) groups excluding carboxylic acids is 1. The highest BCUT2D eigenvalue weighted by Gasteiger charge is 2.13. The van der Waals surface area contributed by atoms with Gasteiger partial charge in [-0.3, -0.25) is 0 Å². The van der Waals surface area contributed by atoms with Crippen LogP contribution in [-0.2, 0) is 9.53 Å². The van der Waals surface area contributed by atoms with Gasteiger partial charge >= 0.3 is 5.97 Å². The molecule has 1 aromatic carbocycles. The van der Waals surface area contributed by atoms with E-state index in [2.05, 4.69) is 4.74 Å². The van der Waals surface area contributed by atoms with E-state index in [0.717, 1.165) is 5.56 Å². The molecule has 0 heterocycles. The van der Waals surface area contributed by atoms with Crippen molar-refractivity contribution in [3.05, 3.63) is 48.0 Å². The Kier molecular flexibility index (Phi) is 4.73. The van der Waals surface area contributed by atoms with Crippen molar-refractivity contribution in [3.63, 3.8) is 0 Å². The van der Waals surface area contributed by atoms with Gasteiger partial charge in [0.1, 0.15) is 0 Å². The van der Waals surface area contributed by atoms with Crippen LogP contribution < -0.4 is 0 Å². The van der Waals surface area contributed by atoms with E-state index in [1.807, 2.05) is 37.3 Å². The second-order valence-corrected chi connectivity index (χ2v) is 3.60. The number of rotatable bonds is 4. The molecule has 3 heteroatoms. The van der Waals surface area contributed by atoms with Gasteiger partial charge in [0.25, 0.3) is 0 Å². The number of carbonyl (C=O) groups is 1. The molecular weight excluding hydrogens is 204 g/mol. The number of benzene rings is 1. The summed E-state index contributed by atoms with van der Waals surface area (Å²) < 4.78 is 4.48. The minimum Gasteiger partial charge on any atom is -0.466 e. The van der Waals surface area contributed by atoms with Gasteiger partial charge in [0, 0.05) is 12.0 Å². The van der Waals surface area contributed by atoms with Crippen molar-refractivity contribution >= 4 is 5.97 Å². The molecular formula is C13H16O3. The maximum atomic E-state index is 10.9. The molecule has 0 aliphatic carbocycles. The topological polar surface area (TPSA) is 46.5 Å². The Labute approximate surface area is 95.4 Å². The number of hydrogen-bond acceptors (Lipinski definition) is 3. The molecule has 0 bridgehead atoms. The summed E-state index contributed by atoms with van der Waals surface area (Å²) in [5.41, 5.74) is 0.838. The van der Waals surface area contributed by atoms with Gasteiger partial charge in [-0.1, -0.05) is 43.3 Å². The molecule has 1 aromatic rings. The Morgan fingerprint density at radius 1 is 1.38 bits per heavy atom. The average molecular weight is 220 g/mol. The number of hydrogen-bond donors (Lipinski definition) is 1. The maximum absolute atomic E-state index is 10.9. The molecule has 0 aliphatic rings. The second-order valence-electron chi connectivity index (χ2n) is 3.60. The lowest BCUT2D eigenvalue weighted by molar-refractivity contribution is -0.134. The summed E-state index contributed by atoms with van der Waals surface area (Å²) in [6.07, 6.45) is 2.36. The van der Waals surface area contributed by atoms with Crippen LogP contribution in [-0.4, -0.2) is 18.2 Å². The summed E-state index contributed by atoms with van der Waals surface area (Å²) in [6.45, 7) is 1.84. The summed E-state index contributed by atoms with van der Waals surface area (Å²) in [5, 5.41) is 9.97. The molecule has 0 radical (unpaired) electrons. The fourth-order valence-electron chi connectivity index (χ4n) is 1.36. The normalized spacial score (nSPS) is 14.7. The quantitative estimate of drug-likeness (QED) is 0.624. The van der Waals surface area contributed by atoms with Crippen molar-refractivity contribution in [3.8, 4) is 0 Å². The van der Waals surface area contributed by atoms with Crippen molar-refractivity contribution in [1.82, 2.24) is 0 Å². The van der Waals surface area contributed by atoms with Gasteiger partial charge in [-0.05, 0) is 5.56 Å². The molecule has 2 unspecified atom stereocenters. The first-order valence-electron chi connectivity index (χ1n) is 5.14. The lowest BCUT2D eigenvalue weighted by Gasteiger charge is -2.15. The second kappa shape index (κ2) is 6.08. The summed E-state index contributed by atoms with van der Waals surface area (Å²) >= 11 is 0. The number of aliphatic hydroxyl groups is 1. The Hall–Kier alpha value is -1.61. The van der Waals surface area contributed by atoms with Crippen LogP contribution in [0.5, 0.6) is 0 Å². The SMILES string of the molecule is COC(=O)/C=C/C(C)C(O)c1ccccc1. The van der Waals surface area contributed by atoms with E-state index in [1.165, 1.54) is 13.2 Å². The molecule has 86 valence electrons. The summed E-state index contributed by atoms with van der Waals surface area (Å²) in [5.74, 6) is -0.548. The van der Waals surface area contributed by atoms with Crippen LogP contribution in [0, 0.1) is 5.92 Å². The van der Waals surface area contributed by atoms with Crippen LogP contribution in [0.15, 0.2) is 42.5 Å². The molecule has 0 fully saturated rings. The van der Waals surface area contributed by atoms with Crippen molar-refractivity contribution in [1.29, 1.82) is 0 Å². The molecule has 1 rings (SSSR count). The zero-order valence-electron chi connectivity index (χ0n) is 9.46. The van der Waals surface area contributed by atoms with Gasteiger partial charge in [-0.2, -0.15) is 0 Å². The van der Waals surface area contributed by atoms with E-state index in [9.17, 15) is 9.90 Å². The minimum atomic E-state index is -0.609. The van der Waals surface area contributed by atoms with Crippen molar-refractivity contribution in [2.24, 2.45) is 5.92 Å². The number of esters is 1. The Morgan fingerprint density at radius 2 is 2.00 bits per heavy atom. The average Bonchev–Trinajstić information content (AvgIpc) is 2.35. The van der Waals surface area contributed by atoms with E-state index in [0.29, 0.717) is 0 Å². The number of methoxy groups -OCH3 is 1. The van der Waals surface area contributed by atoms with Crippen LogP contribution in [0.2, 0.25) is 0 Å². The molecule has 16 heavy (non-hydrogen) atoms.